The fraction of sp³-hybridized carbons (Fsp3) is 0.143. The number of hydrogen-bond acceptors (Lipinski definition) is 0. The van der Waals surface area contributed by atoms with Crippen molar-refractivity contribution >= 4 is 10.0 Å². The molecule has 3 aromatic rings. The highest BCUT2D eigenvalue weighted by Gasteiger charge is 2.25. The van der Waals surface area contributed by atoms with Gasteiger partial charge in [-0.25, -0.2) is 0 Å². The number of rotatable bonds is 4. The summed E-state index contributed by atoms with van der Waals surface area (Å²) in [5, 5.41) is 0. The quantitative estimate of drug-likeness (QED) is 0.541. The van der Waals surface area contributed by atoms with E-state index in [1.807, 2.05) is 0 Å². The van der Waals surface area contributed by atoms with E-state index in [-0.39, 0.29) is 0 Å². The molecule has 0 atom stereocenters. The molecule has 0 aromatic heterocycles. The van der Waals surface area contributed by atoms with Crippen molar-refractivity contribution < 1.29 is 0 Å². The molecule has 0 spiro atoms. The zero-order valence-corrected chi connectivity index (χ0v) is 14.0. The average Bonchev–Trinajstić information content (AvgIpc) is 2.62. The highest BCUT2D eigenvalue weighted by molar-refractivity contribution is 8.33. The van der Waals surface area contributed by atoms with Crippen molar-refractivity contribution in [3.05, 3.63) is 90.5 Å². The largest absolute Gasteiger partial charge is 0.163 e. The van der Waals surface area contributed by atoms with Crippen LogP contribution in [0.1, 0.15) is 12.5 Å². The van der Waals surface area contributed by atoms with Crippen LogP contribution < -0.4 is 0 Å². The van der Waals surface area contributed by atoms with Gasteiger partial charge in [0.2, 0.25) is 0 Å². The van der Waals surface area contributed by atoms with Crippen LogP contribution in [0.25, 0.3) is 0 Å². The minimum atomic E-state index is -1.20. The van der Waals surface area contributed by atoms with Crippen LogP contribution in [0.4, 0.5) is 0 Å². The summed E-state index contributed by atoms with van der Waals surface area (Å²) >= 11 is 0. The molecule has 0 saturated heterocycles. The molecule has 0 fully saturated rings. The third-order valence-electron chi connectivity index (χ3n) is 4.23. The maximum atomic E-state index is 2.40. The minimum Gasteiger partial charge on any atom is -0.163 e. The van der Waals surface area contributed by atoms with Crippen LogP contribution in [0.3, 0.4) is 0 Å². The van der Waals surface area contributed by atoms with Gasteiger partial charge in [-0.1, -0.05) is 55.5 Å². The molecule has 3 rings (SSSR count). The second kappa shape index (κ2) is 6.41. The number of aryl methyl sites for hydroxylation is 1. The van der Waals surface area contributed by atoms with Gasteiger partial charge < -0.3 is 0 Å². The Morgan fingerprint density at radius 3 is 1.41 bits per heavy atom. The third kappa shape index (κ3) is 2.69. The molecule has 3 aromatic carbocycles. The molecule has 0 radical (unpaired) electrons. The van der Waals surface area contributed by atoms with Crippen LogP contribution in [0.2, 0.25) is 0 Å². The molecule has 0 nitrogen and oxygen atoms in total. The normalized spacial score (nSPS) is 12.1. The maximum Gasteiger partial charge on any atom is -0.00210 e. The lowest BCUT2D eigenvalue weighted by Gasteiger charge is -2.37. The molecule has 0 heterocycles. The third-order valence-corrected chi connectivity index (χ3v) is 7.88. The van der Waals surface area contributed by atoms with Gasteiger partial charge in [-0.15, -0.1) is 0 Å². The summed E-state index contributed by atoms with van der Waals surface area (Å²) in [6, 6.07) is 31.0. The van der Waals surface area contributed by atoms with Gasteiger partial charge in [-0.05, 0) is 69.3 Å². The van der Waals surface area contributed by atoms with Gasteiger partial charge >= 0.3 is 0 Å². The highest BCUT2D eigenvalue weighted by Crippen LogP contribution is 2.65. The second-order valence-electron chi connectivity index (χ2n) is 5.54. The van der Waals surface area contributed by atoms with E-state index in [0.717, 1.165) is 6.42 Å². The topological polar surface area (TPSA) is 0 Å². The fourth-order valence-electron chi connectivity index (χ4n) is 2.79. The lowest BCUT2D eigenvalue weighted by molar-refractivity contribution is 1.13. The minimum absolute atomic E-state index is 1.09. The summed E-state index contributed by atoms with van der Waals surface area (Å²) in [7, 11) is -1.20. The van der Waals surface area contributed by atoms with Crippen molar-refractivity contribution in [2.45, 2.75) is 28.0 Å². The molecule has 0 amide bonds. The van der Waals surface area contributed by atoms with Gasteiger partial charge in [0.1, 0.15) is 0 Å². The summed E-state index contributed by atoms with van der Waals surface area (Å²) in [6.07, 6.45) is 3.49. The molecular weight excluding hydrogens is 284 g/mol. The predicted octanol–water partition coefficient (Wildman–Crippen LogP) is 6.16. The first-order chi connectivity index (χ1) is 10.7. The first-order valence-electron chi connectivity index (χ1n) is 7.72. The summed E-state index contributed by atoms with van der Waals surface area (Å²) in [5.74, 6) is 0. The average molecular weight is 306 g/mol. The molecule has 0 saturated carbocycles. The zero-order chi connectivity index (χ0) is 15.4. The van der Waals surface area contributed by atoms with Crippen molar-refractivity contribution in [1.82, 2.24) is 0 Å². The molecule has 0 aliphatic heterocycles. The van der Waals surface area contributed by atoms with Crippen molar-refractivity contribution in [1.29, 1.82) is 0 Å². The lowest BCUT2D eigenvalue weighted by atomic mass is 10.2. The molecule has 0 bridgehead atoms. The molecular formula is C21H22S. The van der Waals surface area contributed by atoms with E-state index in [1.165, 1.54) is 20.2 Å². The first kappa shape index (κ1) is 14.9. The van der Waals surface area contributed by atoms with Crippen LogP contribution in [-0.2, 0) is 6.42 Å². The van der Waals surface area contributed by atoms with Gasteiger partial charge in [0, 0.05) is 0 Å². The smallest absolute Gasteiger partial charge is 0.00210 e. The van der Waals surface area contributed by atoms with Crippen molar-refractivity contribution in [3.63, 3.8) is 0 Å². The van der Waals surface area contributed by atoms with Gasteiger partial charge in [0.15, 0.2) is 0 Å². The summed E-state index contributed by atoms with van der Waals surface area (Å²) in [5.41, 5.74) is 1.40. The van der Waals surface area contributed by atoms with Crippen LogP contribution in [0.5, 0.6) is 0 Å². The maximum absolute atomic E-state index is 2.40. The second-order valence-corrected chi connectivity index (χ2v) is 8.79. The Labute approximate surface area is 135 Å². The van der Waals surface area contributed by atoms with E-state index in [2.05, 4.69) is 98.1 Å². The van der Waals surface area contributed by atoms with E-state index >= 15 is 0 Å². The van der Waals surface area contributed by atoms with E-state index in [9.17, 15) is 0 Å². The summed E-state index contributed by atoms with van der Waals surface area (Å²) in [6.45, 7) is 2.20. The van der Waals surface area contributed by atoms with Crippen LogP contribution in [0, 0.1) is 0 Å². The Morgan fingerprint density at radius 2 is 1.00 bits per heavy atom. The van der Waals surface area contributed by atoms with Gasteiger partial charge in [-0.3, -0.25) is 0 Å². The summed E-state index contributed by atoms with van der Waals surface area (Å²) in [4.78, 5) is 4.23. The SMILES string of the molecule is CCc1ccc(S(C)(c2ccccc2)c2ccccc2)cc1. The van der Waals surface area contributed by atoms with E-state index in [1.54, 1.807) is 0 Å². The van der Waals surface area contributed by atoms with Gasteiger partial charge in [0.05, 0.1) is 0 Å². The molecule has 1 heteroatoms. The van der Waals surface area contributed by atoms with Gasteiger partial charge in [-0.2, -0.15) is 10.0 Å². The van der Waals surface area contributed by atoms with E-state index in [0.29, 0.717) is 0 Å². The molecule has 0 N–H and O–H groups in total. The molecule has 0 unspecified atom stereocenters. The molecule has 0 aliphatic rings. The molecule has 0 aliphatic carbocycles. The van der Waals surface area contributed by atoms with E-state index in [4.69, 9.17) is 0 Å². The number of hydrogen-bond donors (Lipinski definition) is 0. The monoisotopic (exact) mass is 306 g/mol. The Kier molecular flexibility index (Phi) is 4.35. The van der Waals surface area contributed by atoms with E-state index < -0.39 is 10.0 Å². The predicted molar refractivity (Wildman–Crippen MR) is 97.0 cm³/mol. The Balaban J connectivity index is 2.18. The van der Waals surface area contributed by atoms with Gasteiger partial charge in [0.25, 0.3) is 0 Å². The van der Waals surface area contributed by atoms with Crippen LogP contribution >= 0.6 is 10.0 Å². The van der Waals surface area contributed by atoms with Crippen molar-refractivity contribution in [3.8, 4) is 0 Å². The Hall–Kier alpha value is -1.99. The molecule has 22 heavy (non-hydrogen) atoms. The first-order valence-corrected chi connectivity index (χ1v) is 9.77. The fourth-order valence-corrected chi connectivity index (χ4v) is 5.69. The number of benzene rings is 3. The Morgan fingerprint density at radius 1 is 0.591 bits per heavy atom. The van der Waals surface area contributed by atoms with Crippen LogP contribution in [0.15, 0.2) is 99.6 Å². The Bertz CT molecular complexity index is 675. The zero-order valence-electron chi connectivity index (χ0n) is 13.2. The standard InChI is InChI=1S/C21H22S/c1-3-18-14-16-21(17-15-18)22(2,19-10-6-4-7-11-19)20-12-8-5-9-13-20/h4-17H,3H2,1-2H3. The van der Waals surface area contributed by atoms with Crippen molar-refractivity contribution in [2.75, 3.05) is 6.26 Å². The van der Waals surface area contributed by atoms with Crippen molar-refractivity contribution in [2.24, 2.45) is 0 Å². The van der Waals surface area contributed by atoms with Crippen LogP contribution in [-0.4, -0.2) is 6.26 Å². The summed E-state index contributed by atoms with van der Waals surface area (Å²) < 4.78 is 0. The highest BCUT2D eigenvalue weighted by atomic mass is 32.3. The lowest BCUT2D eigenvalue weighted by Crippen LogP contribution is -2.01. The molecule has 112 valence electrons.